The van der Waals surface area contributed by atoms with Gasteiger partial charge < -0.3 is 5.73 Å². The summed E-state index contributed by atoms with van der Waals surface area (Å²) in [5, 5.41) is 0. The Morgan fingerprint density at radius 3 is 2.60 bits per heavy atom. The van der Waals surface area contributed by atoms with Crippen LogP contribution in [-0.2, 0) is 0 Å². The van der Waals surface area contributed by atoms with Gasteiger partial charge in [0.2, 0.25) is 0 Å². The van der Waals surface area contributed by atoms with Gasteiger partial charge in [-0.2, -0.15) is 0 Å². The summed E-state index contributed by atoms with van der Waals surface area (Å²) < 4.78 is 0. The number of hydrogen-bond donors (Lipinski definition) is 1. The lowest BCUT2D eigenvalue weighted by Gasteiger charge is -1.97. The van der Waals surface area contributed by atoms with Crippen LogP contribution in [0, 0.1) is 0 Å². The van der Waals surface area contributed by atoms with E-state index in [4.69, 9.17) is 5.73 Å². The van der Waals surface area contributed by atoms with Crippen molar-refractivity contribution in [1.82, 2.24) is 0 Å². The van der Waals surface area contributed by atoms with Gasteiger partial charge in [-0.3, -0.25) is 0 Å². The average Bonchev–Trinajstić information content (AvgIpc) is 2.02. The Kier molecular flexibility index (Phi) is 3.34. The molecule has 0 saturated heterocycles. The Bertz CT molecular complexity index is 116. The minimum absolute atomic E-state index is 1.11. The second kappa shape index (κ2) is 4.37. The maximum atomic E-state index is 5.73. The molecule has 0 unspecified atom stereocenters. The SMILES string of the molecule is NC1=CCCCCCCC1. The molecule has 0 aromatic heterocycles. The van der Waals surface area contributed by atoms with Crippen LogP contribution in [0.25, 0.3) is 0 Å². The van der Waals surface area contributed by atoms with Crippen molar-refractivity contribution in [3.05, 3.63) is 11.8 Å². The number of allylic oxidation sites excluding steroid dienone is 2. The van der Waals surface area contributed by atoms with Crippen LogP contribution in [0.1, 0.15) is 44.9 Å². The van der Waals surface area contributed by atoms with E-state index in [0.29, 0.717) is 0 Å². The molecule has 0 radical (unpaired) electrons. The summed E-state index contributed by atoms with van der Waals surface area (Å²) in [5.41, 5.74) is 6.85. The van der Waals surface area contributed by atoms with Gasteiger partial charge in [0.15, 0.2) is 0 Å². The Morgan fingerprint density at radius 1 is 1.00 bits per heavy atom. The maximum absolute atomic E-state index is 5.73. The van der Waals surface area contributed by atoms with Crippen LogP contribution in [0.15, 0.2) is 11.8 Å². The van der Waals surface area contributed by atoms with E-state index in [1.165, 1.54) is 38.5 Å². The third-order valence-corrected chi connectivity index (χ3v) is 2.08. The first-order valence-corrected chi connectivity index (χ1v) is 4.34. The third kappa shape index (κ3) is 2.90. The highest BCUT2D eigenvalue weighted by Gasteiger charge is 1.96. The highest BCUT2D eigenvalue weighted by atomic mass is 14.6. The molecule has 0 saturated carbocycles. The first kappa shape index (κ1) is 7.64. The molecule has 0 atom stereocenters. The van der Waals surface area contributed by atoms with Crippen molar-refractivity contribution in [3.8, 4) is 0 Å². The summed E-state index contributed by atoms with van der Waals surface area (Å²) in [5.74, 6) is 0. The molecular formula is C9H17N. The fraction of sp³-hybridized carbons (Fsp3) is 0.778. The van der Waals surface area contributed by atoms with Crippen LogP contribution in [-0.4, -0.2) is 0 Å². The van der Waals surface area contributed by atoms with Crippen molar-refractivity contribution < 1.29 is 0 Å². The smallest absolute Gasteiger partial charge is 0.00399 e. The van der Waals surface area contributed by atoms with Gasteiger partial charge >= 0.3 is 0 Å². The van der Waals surface area contributed by atoms with E-state index < -0.39 is 0 Å². The molecule has 1 aliphatic carbocycles. The fourth-order valence-electron chi connectivity index (χ4n) is 1.39. The molecule has 1 nitrogen and oxygen atoms in total. The minimum Gasteiger partial charge on any atom is -0.402 e. The molecule has 2 N–H and O–H groups in total. The van der Waals surface area contributed by atoms with Crippen molar-refractivity contribution in [2.24, 2.45) is 5.73 Å². The lowest BCUT2D eigenvalue weighted by Crippen LogP contribution is -1.95. The molecule has 1 heteroatoms. The molecule has 1 aliphatic rings. The van der Waals surface area contributed by atoms with Gasteiger partial charge in [-0.15, -0.1) is 0 Å². The standard InChI is InChI=1S/C9H17N/c10-9-7-5-3-1-2-4-6-8-9/h7H,1-6,8,10H2. The lowest BCUT2D eigenvalue weighted by atomic mass is 10.1. The minimum atomic E-state index is 1.11. The van der Waals surface area contributed by atoms with Crippen molar-refractivity contribution >= 4 is 0 Å². The van der Waals surface area contributed by atoms with Crippen LogP contribution < -0.4 is 5.73 Å². The monoisotopic (exact) mass is 139 g/mol. The molecule has 0 fully saturated rings. The summed E-state index contributed by atoms with van der Waals surface area (Å²) in [7, 11) is 0. The highest BCUT2D eigenvalue weighted by molar-refractivity contribution is 4.96. The summed E-state index contributed by atoms with van der Waals surface area (Å²) >= 11 is 0. The second-order valence-electron chi connectivity index (χ2n) is 3.09. The lowest BCUT2D eigenvalue weighted by molar-refractivity contribution is 0.628. The number of rotatable bonds is 0. The molecular weight excluding hydrogens is 122 g/mol. The highest BCUT2D eigenvalue weighted by Crippen LogP contribution is 2.13. The zero-order chi connectivity index (χ0) is 7.23. The first-order chi connectivity index (χ1) is 4.89. The Balaban J connectivity index is 2.29. The van der Waals surface area contributed by atoms with E-state index in [0.717, 1.165) is 12.1 Å². The first-order valence-electron chi connectivity index (χ1n) is 4.34. The molecule has 1 rings (SSSR count). The average molecular weight is 139 g/mol. The van der Waals surface area contributed by atoms with Gasteiger partial charge in [-0.05, 0) is 25.7 Å². The molecule has 0 aromatic rings. The third-order valence-electron chi connectivity index (χ3n) is 2.08. The fourth-order valence-corrected chi connectivity index (χ4v) is 1.39. The van der Waals surface area contributed by atoms with E-state index in [1.54, 1.807) is 0 Å². The second-order valence-corrected chi connectivity index (χ2v) is 3.09. The Hall–Kier alpha value is -0.460. The van der Waals surface area contributed by atoms with E-state index in [1.807, 2.05) is 0 Å². The quantitative estimate of drug-likeness (QED) is 0.548. The van der Waals surface area contributed by atoms with E-state index in [9.17, 15) is 0 Å². The van der Waals surface area contributed by atoms with Crippen molar-refractivity contribution in [2.75, 3.05) is 0 Å². The predicted molar refractivity (Wildman–Crippen MR) is 44.6 cm³/mol. The molecule has 58 valence electrons. The molecule has 0 amide bonds. The van der Waals surface area contributed by atoms with E-state index in [-0.39, 0.29) is 0 Å². The maximum Gasteiger partial charge on any atom is 0.00399 e. The summed E-state index contributed by atoms with van der Waals surface area (Å²) in [6.07, 6.45) is 11.3. The topological polar surface area (TPSA) is 26.0 Å². The molecule has 0 spiro atoms. The Morgan fingerprint density at radius 2 is 1.70 bits per heavy atom. The normalized spacial score (nSPS) is 22.2. The van der Waals surface area contributed by atoms with Gasteiger partial charge in [0, 0.05) is 5.70 Å². The van der Waals surface area contributed by atoms with Gasteiger partial charge in [-0.25, -0.2) is 0 Å². The molecule has 0 aliphatic heterocycles. The summed E-state index contributed by atoms with van der Waals surface area (Å²) in [6, 6.07) is 0. The zero-order valence-electron chi connectivity index (χ0n) is 6.60. The Labute approximate surface area is 63.3 Å². The summed E-state index contributed by atoms with van der Waals surface area (Å²) in [6.45, 7) is 0. The van der Waals surface area contributed by atoms with Gasteiger partial charge in [0.1, 0.15) is 0 Å². The van der Waals surface area contributed by atoms with Crippen molar-refractivity contribution in [3.63, 3.8) is 0 Å². The van der Waals surface area contributed by atoms with Crippen molar-refractivity contribution in [2.45, 2.75) is 44.9 Å². The van der Waals surface area contributed by atoms with Crippen molar-refractivity contribution in [1.29, 1.82) is 0 Å². The molecule has 0 bridgehead atoms. The van der Waals surface area contributed by atoms with Crippen LogP contribution in [0.2, 0.25) is 0 Å². The van der Waals surface area contributed by atoms with Gasteiger partial charge in [0.25, 0.3) is 0 Å². The summed E-state index contributed by atoms with van der Waals surface area (Å²) in [4.78, 5) is 0. The predicted octanol–water partition coefficient (Wildman–Crippen LogP) is 2.57. The van der Waals surface area contributed by atoms with E-state index in [2.05, 4.69) is 6.08 Å². The van der Waals surface area contributed by atoms with E-state index >= 15 is 0 Å². The van der Waals surface area contributed by atoms with Crippen LogP contribution >= 0.6 is 0 Å². The van der Waals surface area contributed by atoms with Crippen LogP contribution in [0.4, 0.5) is 0 Å². The number of nitrogens with two attached hydrogens (primary N) is 1. The largest absolute Gasteiger partial charge is 0.402 e. The van der Waals surface area contributed by atoms with Gasteiger partial charge in [0.05, 0.1) is 0 Å². The van der Waals surface area contributed by atoms with Crippen LogP contribution in [0.3, 0.4) is 0 Å². The molecule has 0 aromatic carbocycles. The van der Waals surface area contributed by atoms with Gasteiger partial charge in [-0.1, -0.05) is 25.3 Å². The zero-order valence-corrected chi connectivity index (χ0v) is 6.60. The molecule has 10 heavy (non-hydrogen) atoms. The molecule has 0 heterocycles. The van der Waals surface area contributed by atoms with Crippen LogP contribution in [0.5, 0.6) is 0 Å². The number of hydrogen-bond acceptors (Lipinski definition) is 1.